The van der Waals surface area contributed by atoms with E-state index >= 15 is 0 Å². The third-order valence-electron chi connectivity index (χ3n) is 0.558. The van der Waals surface area contributed by atoms with E-state index in [-0.39, 0.29) is 21.7 Å². The quantitative estimate of drug-likeness (QED) is 0.437. The predicted molar refractivity (Wildman–Crippen MR) is 64.0 cm³/mol. The first-order valence-electron chi connectivity index (χ1n) is 4.66. The normalized spacial score (nSPS) is 5.20. The molecule has 0 rings (SSSR count). The Morgan fingerprint density at radius 2 is 1.13 bits per heavy atom. The maximum Gasteiger partial charge on any atom is 0.0319 e. The molecule has 0 spiro atoms. The number of aliphatic hydroxyl groups excluding tert-OH is 3. The van der Waals surface area contributed by atoms with Gasteiger partial charge in [-0.3, -0.25) is 0 Å². The van der Waals surface area contributed by atoms with Crippen LogP contribution in [-0.4, -0.2) is 43.2 Å². The molecule has 0 bridgehead atoms. The second-order valence-corrected chi connectivity index (χ2v) is 1.64. The molecule has 0 fully saturated rings. The van der Waals surface area contributed by atoms with Crippen molar-refractivity contribution in [2.75, 3.05) is 27.9 Å². The number of aliphatic hydroxyl groups is 3. The van der Waals surface area contributed by atoms with E-state index in [0.29, 0.717) is 0 Å². The van der Waals surface area contributed by atoms with Gasteiger partial charge in [0.05, 0.1) is 0 Å². The van der Waals surface area contributed by atoms with Crippen molar-refractivity contribution in [3.8, 4) is 0 Å². The fourth-order valence-electron chi connectivity index (χ4n) is 0.204. The van der Waals surface area contributed by atoms with Crippen LogP contribution in [0.4, 0.5) is 0 Å². The van der Waals surface area contributed by atoms with Gasteiger partial charge in [0.1, 0.15) is 0 Å². The Labute approximate surface area is 111 Å². The number of hydrogen-bond donors (Lipinski definition) is 4. The molecule has 0 aromatic rings. The SMILES string of the molecule is CCCCN.CO.CO.CO.[CH2-]CC.[Ti]. The number of nitrogens with two attached hydrogens (primary N) is 1. The van der Waals surface area contributed by atoms with Crippen molar-refractivity contribution in [1.82, 2.24) is 0 Å². The number of unbranched alkanes of at least 4 members (excludes halogenated alkanes) is 1. The molecule has 0 aromatic heterocycles. The van der Waals surface area contributed by atoms with Gasteiger partial charge in [-0.05, 0) is 13.0 Å². The van der Waals surface area contributed by atoms with Crippen molar-refractivity contribution in [3.05, 3.63) is 6.92 Å². The molecule has 0 heterocycles. The van der Waals surface area contributed by atoms with Crippen molar-refractivity contribution in [2.24, 2.45) is 5.73 Å². The summed E-state index contributed by atoms with van der Waals surface area (Å²) in [5.74, 6) is 0. The molecule has 15 heavy (non-hydrogen) atoms. The van der Waals surface area contributed by atoms with E-state index in [1.54, 1.807) is 0 Å². The van der Waals surface area contributed by atoms with Crippen molar-refractivity contribution in [2.45, 2.75) is 33.1 Å². The molecule has 4 nitrogen and oxygen atoms in total. The van der Waals surface area contributed by atoms with Crippen molar-refractivity contribution < 1.29 is 37.0 Å². The van der Waals surface area contributed by atoms with Crippen LogP contribution >= 0.6 is 0 Å². The van der Waals surface area contributed by atoms with E-state index in [2.05, 4.69) is 13.8 Å². The molecule has 0 unspecified atom stereocenters. The summed E-state index contributed by atoms with van der Waals surface area (Å²) in [5.41, 5.74) is 5.14. The molecule has 0 amide bonds. The monoisotopic (exact) mass is 260 g/mol. The summed E-state index contributed by atoms with van der Waals surface area (Å²) in [7, 11) is 3.00. The Balaban J connectivity index is -0.0000000179. The average Bonchev–Trinajstić information content (AvgIpc) is 2.29. The van der Waals surface area contributed by atoms with Gasteiger partial charge in [-0.1, -0.05) is 20.3 Å². The van der Waals surface area contributed by atoms with E-state index in [0.717, 1.165) is 34.3 Å². The molecule has 5 heteroatoms. The topological polar surface area (TPSA) is 86.7 Å². The van der Waals surface area contributed by atoms with Crippen LogP contribution in [0.1, 0.15) is 33.1 Å². The summed E-state index contributed by atoms with van der Waals surface area (Å²) >= 11 is 0. The smallest absolute Gasteiger partial charge is 0.0319 e. The number of rotatable bonds is 2. The zero-order valence-corrected chi connectivity index (χ0v) is 12.5. The molecule has 98 valence electrons. The van der Waals surface area contributed by atoms with Crippen molar-refractivity contribution in [3.63, 3.8) is 0 Å². The third-order valence-corrected chi connectivity index (χ3v) is 0.558. The molecule has 0 aliphatic rings. The molecular formula is C10H30NO3Ti-. The fraction of sp³-hybridized carbons (Fsp3) is 0.900. The fourth-order valence-corrected chi connectivity index (χ4v) is 0.204. The van der Waals surface area contributed by atoms with Gasteiger partial charge in [0, 0.05) is 43.0 Å². The first-order chi connectivity index (χ1) is 6.83. The second kappa shape index (κ2) is 129. The zero-order chi connectivity index (χ0) is 12.8. The van der Waals surface area contributed by atoms with Crippen LogP contribution in [-0.2, 0) is 21.7 Å². The summed E-state index contributed by atoms with van der Waals surface area (Å²) in [6.07, 6.45) is 3.39. The van der Waals surface area contributed by atoms with E-state index in [9.17, 15) is 0 Å². The minimum atomic E-state index is 0. The van der Waals surface area contributed by atoms with E-state index < -0.39 is 0 Å². The first kappa shape index (κ1) is 36.1. The van der Waals surface area contributed by atoms with Gasteiger partial charge in [0.2, 0.25) is 0 Å². The maximum absolute atomic E-state index is 7.00. The van der Waals surface area contributed by atoms with Gasteiger partial charge in [-0.25, -0.2) is 0 Å². The van der Waals surface area contributed by atoms with Gasteiger partial charge in [-0.15, -0.1) is 0 Å². The van der Waals surface area contributed by atoms with E-state index in [4.69, 9.17) is 21.1 Å². The van der Waals surface area contributed by atoms with Crippen LogP contribution in [0.3, 0.4) is 0 Å². The Bertz CT molecular complexity index is 34.6. The van der Waals surface area contributed by atoms with Crippen LogP contribution in [0.5, 0.6) is 0 Å². The van der Waals surface area contributed by atoms with Gasteiger partial charge in [0.25, 0.3) is 0 Å². The Kier molecular flexibility index (Phi) is 310. The summed E-state index contributed by atoms with van der Waals surface area (Å²) in [6.45, 7) is 8.48. The molecule has 0 saturated carbocycles. The molecule has 0 atom stereocenters. The summed E-state index contributed by atoms with van der Waals surface area (Å²) in [4.78, 5) is 0. The van der Waals surface area contributed by atoms with Gasteiger partial charge in [0.15, 0.2) is 0 Å². The largest absolute Gasteiger partial charge is 0.400 e. The summed E-state index contributed by atoms with van der Waals surface area (Å²) in [5, 5.41) is 21.0. The standard InChI is InChI=1S/C4H11N.C3H7.3CH4O.Ti/c1-2-3-4-5;1-3-2;3*1-2;/h2-5H2,1H3;1,3H2,2H3;3*2H,1H3;/q;-1;;;;. The zero-order valence-electron chi connectivity index (χ0n) is 11.0. The molecular weight excluding hydrogens is 230 g/mol. The van der Waals surface area contributed by atoms with E-state index in [1.807, 2.05) is 6.92 Å². The van der Waals surface area contributed by atoms with Crippen LogP contribution < -0.4 is 5.73 Å². The molecule has 0 aliphatic carbocycles. The van der Waals surface area contributed by atoms with Crippen LogP contribution in [0.25, 0.3) is 0 Å². The van der Waals surface area contributed by atoms with Crippen LogP contribution in [0.15, 0.2) is 0 Å². The van der Waals surface area contributed by atoms with Crippen molar-refractivity contribution in [1.29, 1.82) is 0 Å². The molecule has 0 aliphatic heterocycles. The molecule has 0 saturated heterocycles. The molecule has 0 aromatic carbocycles. The minimum absolute atomic E-state index is 0. The van der Waals surface area contributed by atoms with Crippen LogP contribution in [0, 0.1) is 6.92 Å². The maximum atomic E-state index is 7.00. The summed E-state index contributed by atoms with van der Waals surface area (Å²) in [6, 6.07) is 0. The van der Waals surface area contributed by atoms with Gasteiger partial charge in [-0.2, -0.15) is 6.42 Å². The predicted octanol–water partition coefficient (Wildman–Crippen LogP) is 0.799. The third kappa shape index (κ3) is 352. The van der Waals surface area contributed by atoms with E-state index in [1.165, 1.54) is 12.8 Å². The van der Waals surface area contributed by atoms with Crippen LogP contribution in [0.2, 0.25) is 0 Å². The van der Waals surface area contributed by atoms with Crippen molar-refractivity contribution >= 4 is 0 Å². The number of hydrogen-bond acceptors (Lipinski definition) is 4. The Morgan fingerprint density at radius 3 is 1.13 bits per heavy atom. The van der Waals surface area contributed by atoms with Gasteiger partial charge < -0.3 is 28.0 Å². The average molecular weight is 260 g/mol. The first-order valence-corrected chi connectivity index (χ1v) is 4.66. The van der Waals surface area contributed by atoms with Gasteiger partial charge >= 0.3 is 0 Å². The molecule has 0 radical (unpaired) electrons. The second-order valence-electron chi connectivity index (χ2n) is 1.64. The Morgan fingerprint density at radius 1 is 0.933 bits per heavy atom. The summed E-state index contributed by atoms with van der Waals surface area (Å²) < 4.78 is 0. The Hall–Kier alpha value is 0.554. The minimum Gasteiger partial charge on any atom is -0.400 e. The molecule has 5 N–H and O–H groups in total.